The quantitative estimate of drug-likeness (QED) is 0.733. The summed E-state index contributed by atoms with van der Waals surface area (Å²) in [6, 6.07) is 6.05. The van der Waals surface area contributed by atoms with Gasteiger partial charge in [0.15, 0.2) is 0 Å². The summed E-state index contributed by atoms with van der Waals surface area (Å²) in [5.74, 6) is -0.305. The SMILES string of the molecule is C[C@@H]1CN(S(=O)(=O)c2cccc(C(=O)N[C@H](Cn3ccnc3)C(C)(C)C)c2)C[C@H](C)O1. The van der Waals surface area contributed by atoms with Crippen LogP contribution in [0.5, 0.6) is 0 Å². The van der Waals surface area contributed by atoms with Crippen LogP contribution in [0.1, 0.15) is 45.0 Å². The second-order valence-corrected chi connectivity index (χ2v) is 11.2. The van der Waals surface area contributed by atoms with E-state index < -0.39 is 10.0 Å². The van der Waals surface area contributed by atoms with Gasteiger partial charge in [0.05, 0.1) is 29.5 Å². The summed E-state index contributed by atoms with van der Waals surface area (Å²) in [5.41, 5.74) is 0.110. The molecule has 0 aliphatic carbocycles. The standard InChI is InChI=1S/C22H32N4O4S/c1-16-12-26(13-17(2)30-16)31(28,29)19-8-6-7-18(11-19)21(27)24-20(22(3,4)5)14-25-10-9-23-15-25/h6-11,15-17,20H,12-14H2,1-5H3,(H,24,27)/t16-,17+,20-/m1/s1. The molecule has 170 valence electrons. The molecule has 2 aromatic rings. The van der Waals surface area contributed by atoms with Crippen molar-refractivity contribution in [2.75, 3.05) is 13.1 Å². The number of sulfonamides is 1. The van der Waals surface area contributed by atoms with Crippen molar-refractivity contribution in [3.8, 4) is 0 Å². The van der Waals surface area contributed by atoms with Crippen molar-refractivity contribution in [3.63, 3.8) is 0 Å². The average molecular weight is 449 g/mol. The van der Waals surface area contributed by atoms with Crippen LogP contribution in [-0.4, -0.2) is 59.5 Å². The minimum atomic E-state index is -3.72. The molecule has 1 aromatic carbocycles. The maximum absolute atomic E-state index is 13.2. The molecule has 1 aliphatic heterocycles. The third-order valence-corrected chi connectivity index (χ3v) is 7.25. The lowest BCUT2D eigenvalue weighted by molar-refractivity contribution is -0.0440. The molecule has 3 atom stereocenters. The molecule has 0 radical (unpaired) electrons. The number of hydrogen-bond donors (Lipinski definition) is 1. The van der Waals surface area contributed by atoms with Crippen LogP contribution in [0.3, 0.4) is 0 Å². The summed E-state index contributed by atoms with van der Waals surface area (Å²) in [5, 5.41) is 3.07. The van der Waals surface area contributed by atoms with Crippen LogP contribution in [0.4, 0.5) is 0 Å². The van der Waals surface area contributed by atoms with Crippen molar-refractivity contribution in [2.24, 2.45) is 5.41 Å². The van der Waals surface area contributed by atoms with Gasteiger partial charge in [-0.15, -0.1) is 0 Å². The van der Waals surface area contributed by atoms with Gasteiger partial charge in [-0.3, -0.25) is 4.79 Å². The van der Waals surface area contributed by atoms with Crippen LogP contribution >= 0.6 is 0 Å². The zero-order valence-electron chi connectivity index (χ0n) is 18.8. The molecule has 1 fully saturated rings. The Balaban J connectivity index is 1.80. The summed E-state index contributed by atoms with van der Waals surface area (Å²) in [6.07, 6.45) is 4.90. The number of morpholine rings is 1. The molecule has 1 aromatic heterocycles. The molecule has 1 aliphatic rings. The highest BCUT2D eigenvalue weighted by atomic mass is 32.2. The fourth-order valence-corrected chi connectivity index (χ4v) is 5.29. The summed E-state index contributed by atoms with van der Waals surface area (Å²) in [6.45, 7) is 11.0. The lowest BCUT2D eigenvalue weighted by Gasteiger charge is -2.34. The van der Waals surface area contributed by atoms with Gasteiger partial charge in [0.25, 0.3) is 5.91 Å². The van der Waals surface area contributed by atoms with Crippen LogP contribution in [0.25, 0.3) is 0 Å². The molecule has 1 N–H and O–H groups in total. The predicted octanol–water partition coefficient (Wildman–Crippen LogP) is 2.53. The molecular formula is C22H32N4O4S. The molecule has 2 heterocycles. The number of benzene rings is 1. The van der Waals surface area contributed by atoms with Gasteiger partial charge in [-0.25, -0.2) is 13.4 Å². The maximum Gasteiger partial charge on any atom is 0.251 e. The second-order valence-electron chi connectivity index (χ2n) is 9.26. The second kappa shape index (κ2) is 9.10. The highest BCUT2D eigenvalue weighted by Gasteiger charge is 2.33. The Kier molecular flexibility index (Phi) is 6.88. The van der Waals surface area contributed by atoms with E-state index in [9.17, 15) is 13.2 Å². The number of carbonyl (C=O) groups is 1. The number of hydrogen-bond acceptors (Lipinski definition) is 5. The van der Waals surface area contributed by atoms with Crippen LogP contribution in [0.2, 0.25) is 0 Å². The summed E-state index contributed by atoms with van der Waals surface area (Å²) in [7, 11) is -3.72. The largest absolute Gasteiger partial charge is 0.373 e. The fraction of sp³-hybridized carbons (Fsp3) is 0.545. The Labute approximate surface area is 184 Å². The van der Waals surface area contributed by atoms with E-state index in [1.165, 1.54) is 16.4 Å². The Bertz CT molecular complexity index is 989. The van der Waals surface area contributed by atoms with E-state index in [0.717, 1.165) is 0 Å². The Hall–Kier alpha value is -2.23. The van der Waals surface area contributed by atoms with Crippen LogP contribution in [0.15, 0.2) is 47.9 Å². The predicted molar refractivity (Wildman–Crippen MR) is 118 cm³/mol. The highest BCUT2D eigenvalue weighted by Crippen LogP contribution is 2.24. The van der Waals surface area contributed by atoms with Gasteiger partial charge in [0, 0.05) is 37.6 Å². The molecule has 8 nitrogen and oxygen atoms in total. The van der Waals surface area contributed by atoms with E-state index in [-0.39, 0.29) is 34.5 Å². The van der Waals surface area contributed by atoms with E-state index in [4.69, 9.17) is 4.74 Å². The number of nitrogens with one attached hydrogen (secondary N) is 1. The van der Waals surface area contributed by atoms with Crippen molar-refractivity contribution < 1.29 is 17.9 Å². The minimum Gasteiger partial charge on any atom is -0.373 e. The Morgan fingerprint density at radius 3 is 2.52 bits per heavy atom. The van der Waals surface area contributed by atoms with Crippen molar-refractivity contribution in [2.45, 2.75) is 64.3 Å². The normalized spacial score (nSPS) is 21.6. The van der Waals surface area contributed by atoms with Crippen LogP contribution in [0, 0.1) is 5.41 Å². The Morgan fingerprint density at radius 1 is 1.26 bits per heavy atom. The van der Waals surface area contributed by atoms with Gasteiger partial charge in [0.2, 0.25) is 10.0 Å². The maximum atomic E-state index is 13.2. The number of amides is 1. The number of nitrogens with zero attached hydrogens (tertiary/aromatic N) is 3. The first-order valence-corrected chi connectivity index (χ1v) is 11.9. The summed E-state index contributed by atoms with van der Waals surface area (Å²) >= 11 is 0. The third kappa shape index (κ3) is 5.72. The molecule has 0 saturated carbocycles. The average Bonchev–Trinajstić information content (AvgIpc) is 3.19. The number of aromatic nitrogens is 2. The van der Waals surface area contributed by atoms with E-state index in [2.05, 4.69) is 31.1 Å². The third-order valence-electron chi connectivity index (χ3n) is 5.42. The van der Waals surface area contributed by atoms with Crippen LogP contribution < -0.4 is 5.32 Å². The first kappa shape index (κ1) is 23.4. The molecule has 3 rings (SSSR count). The molecule has 9 heteroatoms. The first-order chi connectivity index (χ1) is 14.5. The zero-order valence-corrected chi connectivity index (χ0v) is 19.6. The molecule has 1 amide bonds. The summed E-state index contributed by atoms with van der Waals surface area (Å²) in [4.78, 5) is 17.2. The van der Waals surface area contributed by atoms with Gasteiger partial charge < -0.3 is 14.6 Å². The lowest BCUT2D eigenvalue weighted by atomic mass is 9.86. The molecule has 0 unspecified atom stereocenters. The molecular weight excluding hydrogens is 416 g/mol. The van der Waals surface area contributed by atoms with E-state index in [0.29, 0.717) is 25.2 Å². The fourth-order valence-electron chi connectivity index (χ4n) is 3.66. The number of carbonyl (C=O) groups excluding carboxylic acids is 1. The first-order valence-electron chi connectivity index (χ1n) is 10.5. The summed E-state index contributed by atoms with van der Waals surface area (Å²) < 4.78 is 35.3. The van der Waals surface area contributed by atoms with Gasteiger partial charge in [-0.2, -0.15) is 4.31 Å². The van der Waals surface area contributed by atoms with E-state index >= 15 is 0 Å². The molecule has 0 spiro atoms. The van der Waals surface area contributed by atoms with Gasteiger partial charge >= 0.3 is 0 Å². The van der Waals surface area contributed by atoms with Crippen molar-refractivity contribution in [3.05, 3.63) is 48.5 Å². The smallest absolute Gasteiger partial charge is 0.251 e. The number of rotatable bonds is 6. The molecule has 1 saturated heterocycles. The number of ether oxygens (including phenoxy) is 1. The van der Waals surface area contributed by atoms with Gasteiger partial charge in [0.1, 0.15) is 0 Å². The topological polar surface area (TPSA) is 93.5 Å². The van der Waals surface area contributed by atoms with Crippen molar-refractivity contribution >= 4 is 15.9 Å². The molecule has 0 bridgehead atoms. The van der Waals surface area contributed by atoms with Crippen molar-refractivity contribution in [1.82, 2.24) is 19.2 Å². The molecule has 31 heavy (non-hydrogen) atoms. The minimum absolute atomic E-state index is 0.114. The van der Waals surface area contributed by atoms with Crippen LogP contribution in [-0.2, 0) is 21.3 Å². The monoisotopic (exact) mass is 448 g/mol. The van der Waals surface area contributed by atoms with Gasteiger partial charge in [-0.1, -0.05) is 26.8 Å². The zero-order chi connectivity index (χ0) is 22.8. The van der Waals surface area contributed by atoms with E-state index in [1.807, 2.05) is 24.6 Å². The highest BCUT2D eigenvalue weighted by molar-refractivity contribution is 7.89. The lowest BCUT2D eigenvalue weighted by Crippen LogP contribution is -2.48. The Morgan fingerprint density at radius 2 is 1.94 bits per heavy atom. The number of imidazole rings is 1. The van der Waals surface area contributed by atoms with Gasteiger partial charge in [-0.05, 0) is 37.5 Å². The van der Waals surface area contributed by atoms with Crippen molar-refractivity contribution in [1.29, 1.82) is 0 Å². The van der Waals surface area contributed by atoms with E-state index in [1.54, 1.807) is 24.7 Å².